The average Bonchev–Trinajstić information content (AvgIpc) is 2.88. The van der Waals surface area contributed by atoms with E-state index in [0.717, 1.165) is 6.42 Å². The normalized spacial score (nSPS) is 19.3. The highest BCUT2D eigenvalue weighted by atomic mass is 32.2. The first kappa shape index (κ1) is 16.7. The minimum Gasteiger partial charge on any atom is -0.478 e. The maximum atomic E-state index is 12.4. The van der Waals surface area contributed by atoms with Gasteiger partial charge in [0.25, 0.3) is 0 Å². The zero-order valence-corrected chi connectivity index (χ0v) is 13.4. The van der Waals surface area contributed by atoms with Crippen molar-refractivity contribution in [2.24, 2.45) is 5.92 Å². The first-order valence-corrected chi connectivity index (χ1v) is 8.39. The first-order valence-electron chi connectivity index (χ1n) is 6.95. The number of hydrogen-bond acceptors (Lipinski definition) is 4. The molecule has 22 heavy (non-hydrogen) atoms. The highest BCUT2D eigenvalue weighted by molar-refractivity contribution is 7.90. The zero-order valence-electron chi connectivity index (χ0n) is 12.6. The Kier molecular flexibility index (Phi) is 5.05. The predicted molar refractivity (Wildman–Crippen MR) is 82.2 cm³/mol. The number of rotatable bonds is 6. The third-order valence-electron chi connectivity index (χ3n) is 3.72. The standard InChI is InChI=1S/C14H20N2O5S/c1-10-4-3-5-12(13(10)14(17)18)15-22(19,20)16-7-6-11(8-16)9-21-2/h3-5,11,15H,6-9H2,1-2H3,(H,17,18). The minimum atomic E-state index is -3.77. The summed E-state index contributed by atoms with van der Waals surface area (Å²) in [4.78, 5) is 11.3. The van der Waals surface area contributed by atoms with Crippen molar-refractivity contribution in [1.82, 2.24) is 4.31 Å². The second-order valence-corrected chi connectivity index (χ2v) is 7.05. The van der Waals surface area contributed by atoms with Crippen LogP contribution in [0.2, 0.25) is 0 Å². The molecule has 2 rings (SSSR count). The molecule has 1 aliphatic heterocycles. The van der Waals surface area contributed by atoms with Crippen LogP contribution >= 0.6 is 0 Å². The summed E-state index contributed by atoms with van der Waals surface area (Å²) in [6.07, 6.45) is 0.731. The summed E-state index contributed by atoms with van der Waals surface area (Å²) in [5, 5.41) is 9.26. The van der Waals surface area contributed by atoms with Crippen LogP contribution in [0.3, 0.4) is 0 Å². The molecule has 1 aromatic rings. The summed E-state index contributed by atoms with van der Waals surface area (Å²) in [7, 11) is -2.19. The lowest BCUT2D eigenvalue weighted by molar-refractivity contribution is 0.0697. The van der Waals surface area contributed by atoms with Crippen molar-refractivity contribution < 1.29 is 23.1 Å². The van der Waals surface area contributed by atoms with Crippen LogP contribution in [0.15, 0.2) is 18.2 Å². The second-order valence-electron chi connectivity index (χ2n) is 5.38. The Labute approximate surface area is 130 Å². The number of benzene rings is 1. The Balaban J connectivity index is 2.20. The number of hydrogen-bond donors (Lipinski definition) is 2. The number of nitrogens with one attached hydrogen (secondary N) is 1. The van der Waals surface area contributed by atoms with E-state index in [1.165, 1.54) is 10.4 Å². The summed E-state index contributed by atoms with van der Waals surface area (Å²) in [5.74, 6) is -0.993. The van der Waals surface area contributed by atoms with Crippen molar-refractivity contribution in [3.63, 3.8) is 0 Å². The largest absolute Gasteiger partial charge is 0.478 e. The molecule has 1 aromatic carbocycles. The van der Waals surface area contributed by atoms with E-state index in [0.29, 0.717) is 25.3 Å². The van der Waals surface area contributed by atoms with Crippen LogP contribution in [0.1, 0.15) is 22.3 Å². The van der Waals surface area contributed by atoms with Gasteiger partial charge in [-0.3, -0.25) is 4.72 Å². The fraction of sp³-hybridized carbons (Fsp3) is 0.500. The quantitative estimate of drug-likeness (QED) is 0.821. The van der Waals surface area contributed by atoms with Crippen LogP contribution in [0, 0.1) is 12.8 Å². The van der Waals surface area contributed by atoms with Crippen molar-refractivity contribution in [2.45, 2.75) is 13.3 Å². The zero-order chi connectivity index (χ0) is 16.3. The number of aromatic carboxylic acids is 1. The number of aryl methyl sites for hydroxylation is 1. The summed E-state index contributed by atoms with van der Waals surface area (Å²) < 4.78 is 33.6. The van der Waals surface area contributed by atoms with Gasteiger partial charge in [-0.15, -0.1) is 0 Å². The van der Waals surface area contributed by atoms with Crippen molar-refractivity contribution in [2.75, 3.05) is 31.5 Å². The van der Waals surface area contributed by atoms with E-state index in [1.807, 2.05) is 0 Å². The molecule has 0 aromatic heterocycles. The van der Waals surface area contributed by atoms with Gasteiger partial charge < -0.3 is 9.84 Å². The molecule has 1 aliphatic rings. The number of anilines is 1. The van der Waals surface area contributed by atoms with E-state index in [2.05, 4.69) is 4.72 Å². The number of ether oxygens (including phenoxy) is 1. The van der Waals surface area contributed by atoms with Gasteiger partial charge in [-0.2, -0.15) is 12.7 Å². The van der Waals surface area contributed by atoms with E-state index in [4.69, 9.17) is 4.74 Å². The molecular weight excluding hydrogens is 308 g/mol. The molecule has 0 aliphatic carbocycles. The van der Waals surface area contributed by atoms with E-state index in [9.17, 15) is 18.3 Å². The summed E-state index contributed by atoms with van der Waals surface area (Å²) >= 11 is 0. The lowest BCUT2D eigenvalue weighted by Crippen LogP contribution is -2.35. The molecule has 1 saturated heterocycles. The molecule has 1 unspecified atom stereocenters. The second kappa shape index (κ2) is 6.64. The van der Waals surface area contributed by atoms with Gasteiger partial charge in [0.2, 0.25) is 0 Å². The van der Waals surface area contributed by atoms with E-state index >= 15 is 0 Å². The van der Waals surface area contributed by atoms with Crippen LogP contribution in [-0.4, -0.2) is 50.6 Å². The Morgan fingerprint density at radius 2 is 2.23 bits per heavy atom. The number of carboxylic acid groups (broad SMARTS) is 1. The number of carbonyl (C=O) groups is 1. The highest BCUT2D eigenvalue weighted by Crippen LogP contribution is 2.24. The highest BCUT2D eigenvalue weighted by Gasteiger charge is 2.32. The fourth-order valence-electron chi connectivity index (χ4n) is 2.63. The molecule has 7 nitrogen and oxygen atoms in total. The molecule has 2 N–H and O–H groups in total. The van der Waals surface area contributed by atoms with Gasteiger partial charge >= 0.3 is 16.2 Å². The Bertz CT molecular complexity index is 659. The van der Waals surface area contributed by atoms with Crippen molar-refractivity contribution in [3.05, 3.63) is 29.3 Å². The molecule has 0 spiro atoms. The molecule has 1 fully saturated rings. The Morgan fingerprint density at radius 3 is 2.86 bits per heavy atom. The number of carboxylic acids is 1. The van der Waals surface area contributed by atoms with Crippen LogP contribution < -0.4 is 4.72 Å². The predicted octanol–water partition coefficient (Wildman–Crippen LogP) is 1.32. The molecule has 122 valence electrons. The molecule has 0 saturated carbocycles. The van der Waals surface area contributed by atoms with Gasteiger partial charge in [0.05, 0.1) is 17.9 Å². The number of nitrogens with zero attached hydrogens (tertiary/aromatic N) is 1. The smallest absolute Gasteiger partial charge is 0.338 e. The number of methoxy groups -OCH3 is 1. The third-order valence-corrected chi connectivity index (χ3v) is 5.21. The Morgan fingerprint density at radius 1 is 1.50 bits per heavy atom. The van der Waals surface area contributed by atoms with Gasteiger partial charge in [-0.1, -0.05) is 12.1 Å². The summed E-state index contributed by atoms with van der Waals surface area (Å²) in [6, 6.07) is 4.71. The van der Waals surface area contributed by atoms with Crippen molar-refractivity contribution >= 4 is 21.9 Å². The van der Waals surface area contributed by atoms with Crippen LogP contribution in [0.5, 0.6) is 0 Å². The van der Waals surface area contributed by atoms with Gasteiger partial charge in [0.15, 0.2) is 0 Å². The van der Waals surface area contributed by atoms with E-state index < -0.39 is 16.2 Å². The summed E-state index contributed by atoms with van der Waals surface area (Å²) in [6.45, 7) is 2.91. The van der Waals surface area contributed by atoms with Gasteiger partial charge in [-0.25, -0.2) is 4.79 Å². The topological polar surface area (TPSA) is 95.9 Å². The SMILES string of the molecule is COCC1CCN(S(=O)(=O)Nc2cccc(C)c2C(=O)O)C1. The average molecular weight is 328 g/mol. The fourth-order valence-corrected chi connectivity index (χ4v) is 3.96. The van der Waals surface area contributed by atoms with Crippen molar-refractivity contribution in [1.29, 1.82) is 0 Å². The molecule has 1 heterocycles. The maximum absolute atomic E-state index is 12.4. The molecule has 8 heteroatoms. The lowest BCUT2D eigenvalue weighted by Gasteiger charge is -2.19. The van der Waals surface area contributed by atoms with Crippen LogP contribution in [0.4, 0.5) is 5.69 Å². The lowest BCUT2D eigenvalue weighted by atomic mass is 10.1. The summed E-state index contributed by atoms with van der Waals surface area (Å²) in [5.41, 5.74) is 0.563. The monoisotopic (exact) mass is 328 g/mol. The van der Waals surface area contributed by atoms with Crippen molar-refractivity contribution in [3.8, 4) is 0 Å². The van der Waals surface area contributed by atoms with E-state index in [1.54, 1.807) is 26.2 Å². The minimum absolute atomic E-state index is 0.0290. The Hall–Kier alpha value is -1.64. The molecule has 1 atom stereocenters. The molecular formula is C14H20N2O5S. The maximum Gasteiger partial charge on any atom is 0.338 e. The van der Waals surface area contributed by atoms with Gasteiger partial charge in [0.1, 0.15) is 0 Å². The van der Waals surface area contributed by atoms with Gasteiger partial charge in [-0.05, 0) is 30.9 Å². The first-order chi connectivity index (χ1) is 10.3. The third kappa shape index (κ3) is 3.57. The van der Waals surface area contributed by atoms with Gasteiger partial charge in [0, 0.05) is 20.2 Å². The molecule has 0 bridgehead atoms. The van der Waals surface area contributed by atoms with Crippen LogP contribution in [0.25, 0.3) is 0 Å². The molecule has 0 radical (unpaired) electrons. The van der Waals surface area contributed by atoms with E-state index in [-0.39, 0.29) is 17.2 Å². The molecule has 0 amide bonds. The van der Waals surface area contributed by atoms with Crippen LogP contribution in [-0.2, 0) is 14.9 Å².